The third-order valence-corrected chi connectivity index (χ3v) is 7.92. The molecule has 0 saturated carbocycles. The zero-order valence-corrected chi connectivity index (χ0v) is 25.9. The molecule has 0 radical (unpaired) electrons. The summed E-state index contributed by atoms with van der Waals surface area (Å²) in [4.78, 5) is 68.8. The Labute approximate surface area is 278 Å². The molecular formula is C29H30F6N6O9. The summed E-state index contributed by atoms with van der Waals surface area (Å²) in [6.45, 7) is -1.46. The van der Waals surface area contributed by atoms with Crippen molar-refractivity contribution in [1.82, 2.24) is 15.5 Å². The molecule has 1 aromatic heterocycles. The highest BCUT2D eigenvalue weighted by Crippen LogP contribution is 2.42. The second-order valence-electron chi connectivity index (χ2n) is 11.2. The molecule has 3 heterocycles. The van der Waals surface area contributed by atoms with Crippen LogP contribution in [0.5, 0.6) is 0 Å². The number of hydrogen-bond acceptors (Lipinski definition) is 12. The molecule has 2 fully saturated rings. The van der Waals surface area contributed by atoms with E-state index < -0.39 is 101 Å². The predicted molar refractivity (Wildman–Crippen MR) is 155 cm³/mol. The van der Waals surface area contributed by atoms with Gasteiger partial charge in [-0.25, -0.2) is 15.6 Å². The predicted octanol–water partition coefficient (Wildman–Crippen LogP) is 3.50. The fourth-order valence-electron chi connectivity index (χ4n) is 5.43. The molecule has 50 heavy (non-hydrogen) atoms. The minimum Gasteiger partial charge on any atom is -0.379 e. The fourth-order valence-corrected chi connectivity index (χ4v) is 5.43. The molecule has 15 nitrogen and oxygen atoms in total. The summed E-state index contributed by atoms with van der Waals surface area (Å²) in [6, 6.07) is 6.92. The summed E-state index contributed by atoms with van der Waals surface area (Å²) < 4.78 is 96.0. The normalized spacial score (nSPS) is 17.9. The Hall–Kier alpha value is -4.89. The number of carbonyl (C=O) groups is 4. The quantitative estimate of drug-likeness (QED) is 0.0549. The van der Waals surface area contributed by atoms with E-state index >= 15 is 0 Å². The molecule has 21 heteroatoms. The molecule has 2 aliphatic heterocycles. The lowest BCUT2D eigenvalue weighted by molar-refractivity contribution is -0.385. The number of imide groups is 1. The van der Waals surface area contributed by atoms with Crippen LogP contribution in [0.4, 0.5) is 37.8 Å². The number of pyridine rings is 1. The number of nitrogens with two attached hydrogens (primary N) is 1. The maximum atomic E-state index is 14.3. The summed E-state index contributed by atoms with van der Waals surface area (Å²) >= 11 is 0. The maximum Gasteiger partial charge on any atom is 0.426 e. The molecule has 0 bridgehead atoms. The first-order chi connectivity index (χ1) is 23.5. The Bertz CT molecular complexity index is 1590. The number of nitrogens with zero attached hydrogens (tertiary/aromatic N) is 4. The summed E-state index contributed by atoms with van der Waals surface area (Å²) in [7, 11) is 0. The van der Waals surface area contributed by atoms with Gasteiger partial charge in [0.05, 0.1) is 24.2 Å². The molecule has 0 spiro atoms. The van der Waals surface area contributed by atoms with Crippen molar-refractivity contribution in [2.24, 2.45) is 5.84 Å². The number of rotatable bonds is 14. The van der Waals surface area contributed by atoms with Crippen molar-refractivity contribution >= 4 is 35.2 Å². The molecule has 2 aliphatic rings. The van der Waals surface area contributed by atoms with E-state index in [1.165, 1.54) is 17.6 Å². The zero-order valence-electron chi connectivity index (χ0n) is 25.9. The molecule has 272 valence electrons. The van der Waals surface area contributed by atoms with Gasteiger partial charge in [0.15, 0.2) is 0 Å². The molecular weight excluding hydrogens is 690 g/mol. The van der Waals surface area contributed by atoms with Crippen LogP contribution in [0, 0.1) is 10.1 Å². The monoisotopic (exact) mass is 720 g/mol. The Morgan fingerprint density at radius 3 is 2.32 bits per heavy atom. The number of ether oxygens (including phenoxy) is 2. The number of nitro groups is 1. The van der Waals surface area contributed by atoms with E-state index in [9.17, 15) is 55.6 Å². The largest absolute Gasteiger partial charge is 0.426 e. The molecule has 1 unspecified atom stereocenters. The molecule has 4 rings (SSSR count). The van der Waals surface area contributed by atoms with E-state index in [-0.39, 0.29) is 50.0 Å². The number of hydrogen-bond donors (Lipinski definition) is 2. The van der Waals surface area contributed by atoms with Crippen LogP contribution in [0.1, 0.15) is 60.1 Å². The minimum absolute atomic E-state index is 0.0505. The highest BCUT2D eigenvalue weighted by Gasteiger charge is 2.61. The molecule has 2 atom stereocenters. The molecule has 1 aromatic carbocycles. The number of benzene rings is 1. The van der Waals surface area contributed by atoms with E-state index in [0.717, 1.165) is 4.90 Å². The number of amides is 3. The van der Waals surface area contributed by atoms with Gasteiger partial charge in [-0.3, -0.25) is 29.9 Å². The number of halogens is 6. The van der Waals surface area contributed by atoms with Gasteiger partial charge < -0.3 is 19.2 Å². The number of nitrogens with one attached hydrogen (secondary N) is 1. The number of alkyl halides is 6. The van der Waals surface area contributed by atoms with Gasteiger partial charge in [-0.15, -0.1) is 5.06 Å². The van der Waals surface area contributed by atoms with Gasteiger partial charge in [-0.1, -0.05) is 30.3 Å². The fraction of sp³-hybridized carbons (Fsp3) is 0.483. The van der Waals surface area contributed by atoms with Gasteiger partial charge in [0.2, 0.25) is 11.3 Å². The number of hydrazine groups is 1. The van der Waals surface area contributed by atoms with Crippen LogP contribution in [0.25, 0.3) is 0 Å². The van der Waals surface area contributed by atoms with Crippen LogP contribution in [0.2, 0.25) is 0 Å². The summed E-state index contributed by atoms with van der Waals surface area (Å²) in [6.07, 6.45) is -12.0. The van der Waals surface area contributed by atoms with Crippen molar-refractivity contribution in [3.8, 4) is 0 Å². The first-order valence-electron chi connectivity index (χ1n) is 14.9. The molecule has 3 N–H and O–H groups in total. The molecule has 3 amide bonds. The molecule has 0 aliphatic carbocycles. The molecule has 2 saturated heterocycles. The highest BCUT2D eigenvalue weighted by molar-refractivity contribution is 6.03. The van der Waals surface area contributed by atoms with Crippen LogP contribution in [-0.2, 0) is 41.5 Å². The lowest BCUT2D eigenvalue weighted by atomic mass is 9.95. The van der Waals surface area contributed by atoms with Gasteiger partial charge >= 0.3 is 24.0 Å². The van der Waals surface area contributed by atoms with Crippen molar-refractivity contribution in [3.63, 3.8) is 0 Å². The van der Waals surface area contributed by atoms with Crippen molar-refractivity contribution < 1.29 is 64.8 Å². The Morgan fingerprint density at radius 2 is 1.74 bits per heavy atom. The zero-order chi connectivity index (χ0) is 36.9. The van der Waals surface area contributed by atoms with Crippen LogP contribution in [0.15, 0.2) is 36.4 Å². The average Bonchev–Trinajstić information content (AvgIpc) is 3.66. The summed E-state index contributed by atoms with van der Waals surface area (Å²) in [5.41, 5.74) is -5.73. The second kappa shape index (κ2) is 15.3. The minimum atomic E-state index is -5.21. The van der Waals surface area contributed by atoms with Gasteiger partial charge in [0, 0.05) is 32.1 Å². The third-order valence-electron chi connectivity index (χ3n) is 7.92. The van der Waals surface area contributed by atoms with E-state index in [0.29, 0.717) is 5.56 Å². The highest BCUT2D eigenvalue weighted by atomic mass is 19.4. The van der Waals surface area contributed by atoms with Crippen molar-refractivity contribution in [2.75, 3.05) is 24.7 Å². The summed E-state index contributed by atoms with van der Waals surface area (Å²) in [5.74, 6) is -1.14. The van der Waals surface area contributed by atoms with Crippen LogP contribution in [-0.4, -0.2) is 76.2 Å². The van der Waals surface area contributed by atoms with Gasteiger partial charge in [-0.2, -0.15) is 26.3 Å². The first-order valence-corrected chi connectivity index (χ1v) is 14.9. The van der Waals surface area contributed by atoms with E-state index in [2.05, 4.69) is 9.82 Å². The topological polar surface area (TPSA) is 197 Å². The number of hydroxylamine groups is 2. The summed E-state index contributed by atoms with van der Waals surface area (Å²) in [5, 5.41) is 11.7. The standard InChI is InChI=1S/C29H30F6N6O9/c30-28(31,32)19-14-20(41(46)47)23(25(44)50-40-21(42)9-10-22(40)43)37-24(19)39-12-4-8-18(39)16-48-13-5-11-27(26(45)38-36,29(33,34)35)49-15-17-6-2-1-3-7-17/h1-3,6-7,14,18H,4-5,8-13,15-16,36H2,(H,38,45)/t18-,27?/m0/s1. The maximum absolute atomic E-state index is 14.3. The Morgan fingerprint density at radius 1 is 1.08 bits per heavy atom. The van der Waals surface area contributed by atoms with E-state index in [1.54, 1.807) is 18.2 Å². The second-order valence-corrected chi connectivity index (χ2v) is 11.2. The van der Waals surface area contributed by atoms with Gasteiger partial charge in [-0.05, 0) is 31.2 Å². The SMILES string of the molecule is NNC(=O)C(CCCOC[C@@H]1CCCN1c1nc(C(=O)ON2C(=O)CCC2=O)c([N+](=O)[O-])cc1C(F)(F)F)(OCc1ccccc1)C(F)(F)F. The van der Waals surface area contributed by atoms with E-state index in [4.69, 9.17) is 15.3 Å². The van der Waals surface area contributed by atoms with Gasteiger partial charge in [0.25, 0.3) is 17.7 Å². The number of anilines is 1. The number of aromatic nitrogens is 1. The third kappa shape index (κ3) is 8.28. The Kier molecular flexibility index (Phi) is 11.6. The molecule has 2 aromatic rings. The van der Waals surface area contributed by atoms with Crippen molar-refractivity contribution in [1.29, 1.82) is 0 Å². The van der Waals surface area contributed by atoms with Crippen LogP contribution in [0.3, 0.4) is 0 Å². The first kappa shape index (κ1) is 37.9. The lowest BCUT2D eigenvalue weighted by Gasteiger charge is -2.34. The van der Waals surface area contributed by atoms with Crippen LogP contribution < -0.4 is 16.2 Å². The average molecular weight is 721 g/mol. The lowest BCUT2D eigenvalue weighted by Crippen LogP contribution is -2.60. The van der Waals surface area contributed by atoms with Crippen molar-refractivity contribution in [2.45, 2.75) is 69.1 Å². The van der Waals surface area contributed by atoms with Crippen molar-refractivity contribution in [3.05, 3.63) is 63.3 Å². The van der Waals surface area contributed by atoms with Crippen LogP contribution >= 0.6 is 0 Å². The van der Waals surface area contributed by atoms with E-state index in [1.807, 2.05) is 0 Å². The Balaban J connectivity index is 1.51. The smallest absolute Gasteiger partial charge is 0.379 e. The van der Waals surface area contributed by atoms with Gasteiger partial charge in [0.1, 0.15) is 11.4 Å². The number of carbonyl (C=O) groups excluding carboxylic acids is 4.